The molecule has 21 heavy (non-hydrogen) atoms. The second-order valence-corrected chi connectivity index (χ2v) is 5.05. The molecular formula is C15H13FN4O. The van der Waals surface area contributed by atoms with Gasteiger partial charge < -0.3 is 5.32 Å². The summed E-state index contributed by atoms with van der Waals surface area (Å²) in [6, 6.07) is 8.20. The smallest absolute Gasteiger partial charge is 0.269 e. The van der Waals surface area contributed by atoms with E-state index in [4.69, 9.17) is 5.26 Å². The lowest BCUT2D eigenvalue weighted by molar-refractivity contribution is 0.570. The molecule has 0 atom stereocenters. The van der Waals surface area contributed by atoms with E-state index in [1.54, 1.807) is 24.4 Å². The van der Waals surface area contributed by atoms with Gasteiger partial charge in [-0.3, -0.25) is 4.79 Å². The first-order valence-corrected chi connectivity index (χ1v) is 6.68. The lowest BCUT2D eigenvalue weighted by Crippen LogP contribution is -2.24. The molecule has 1 fully saturated rings. The van der Waals surface area contributed by atoms with E-state index in [-0.39, 0.29) is 23.2 Å². The number of hydrogen-bond acceptors (Lipinski definition) is 4. The summed E-state index contributed by atoms with van der Waals surface area (Å²) in [6.45, 7) is 0.00386. The predicted octanol–water partition coefficient (Wildman–Crippen LogP) is 1.88. The van der Waals surface area contributed by atoms with Crippen LogP contribution in [-0.2, 0) is 6.54 Å². The SMILES string of the molecule is N#Cc1cccc(Cn2ncc(NC3CC3)cc2=O)c1F. The zero-order valence-electron chi connectivity index (χ0n) is 11.2. The van der Waals surface area contributed by atoms with Gasteiger partial charge in [-0.15, -0.1) is 0 Å². The first-order valence-electron chi connectivity index (χ1n) is 6.68. The van der Waals surface area contributed by atoms with Crippen LogP contribution < -0.4 is 10.9 Å². The minimum Gasteiger partial charge on any atom is -0.381 e. The van der Waals surface area contributed by atoms with Gasteiger partial charge in [0, 0.05) is 17.7 Å². The fourth-order valence-corrected chi connectivity index (χ4v) is 2.04. The third kappa shape index (κ3) is 2.92. The Labute approximate surface area is 120 Å². The number of nitrogens with one attached hydrogen (secondary N) is 1. The summed E-state index contributed by atoms with van der Waals surface area (Å²) in [5.41, 5.74) is 0.617. The highest BCUT2D eigenvalue weighted by molar-refractivity contribution is 5.41. The van der Waals surface area contributed by atoms with Gasteiger partial charge in [0.25, 0.3) is 5.56 Å². The zero-order chi connectivity index (χ0) is 14.8. The first-order chi connectivity index (χ1) is 10.2. The van der Waals surface area contributed by atoms with Crippen molar-refractivity contribution in [2.24, 2.45) is 0 Å². The van der Waals surface area contributed by atoms with Gasteiger partial charge >= 0.3 is 0 Å². The average molecular weight is 284 g/mol. The summed E-state index contributed by atoms with van der Waals surface area (Å²) in [6.07, 6.45) is 3.77. The van der Waals surface area contributed by atoms with E-state index in [0.717, 1.165) is 12.8 Å². The fourth-order valence-electron chi connectivity index (χ4n) is 2.04. The van der Waals surface area contributed by atoms with Crippen molar-refractivity contribution < 1.29 is 4.39 Å². The highest BCUT2D eigenvalue weighted by Crippen LogP contribution is 2.23. The minimum atomic E-state index is -0.603. The van der Waals surface area contributed by atoms with Crippen LogP contribution in [0.4, 0.5) is 10.1 Å². The average Bonchev–Trinajstić information content (AvgIpc) is 3.28. The number of nitriles is 1. The van der Waals surface area contributed by atoms with Crippen LogP contribution in [0.25, 0.3) is 0 Å². The van der Waals surface area contributed by atoms with Crippen molar-refractivity contribution in [1.82, 2.24) is 9.78 Å². The maximum absolute atomic E-state index is 14.0. The van der Waals surface area contributed by atoms with E-state index >= 15 is 0 Å². The molecule has 106 valence electrons. The van der Waals surface area contributed by atoms with E-state index in [0.29, 0.717) is 11.7 Å². The summed E-state index contributed by atoms with van der Waals surface area (Å²) in [7, 11) is 0. The molecule has 0 unspecified atom stereocenters. The molecule has 1 aromatic heterocycles. The van der Waals surface area contributed by atoms with Crippen molar-refractivity contribution in [2.75, 3.05) is 5.32 Å². The lowest BCUT2D eigenvalue weighted by Gasteiger charge is -2.08. The lowest BCUT2D eigenvalue weighted by atomic mass is 10.1. The Morgan fingerprint density at radius 2 is 2.29 bits per heavy atom. The summed E-state index contributed by atoms with van der Waals surface area (Å²) in [5, 5.41) is 16.0. The molecule has 0 radical (unpaired) electrons. The van der Waals surface area contributed by atoms with E-state index < -0.39 is 5.82 Å². The molecule has 1 aromatic carbocycles. The normalized spacial score (nSPS) is 13.7. The first kappa shape index (κ1) is 13.3. The molecule has 0 bridgehead atoms. The Bertz CT molecular complexity index is 774. The van der Waals surface area contributed by atoms with Gasteiger partial charge in [-0.2, -0.15) is 10.4 Å². The monoisotopic (exact) mass is 284 g/mol. The van der Waals surface area contributed by atoms with Crippen molar-refractivity contribution in [3.63, 3.8) is 0 Å². The molecule has 0 saturated heterocycles. The molecule has 0 aliphatic heterocycles. The molecule has 1 aliphatic rings. The fraction of sp³-hybridized carbons (Fsp3) is 0.267. The Morgan fingerprint density at radius 1 is 1.48 bits per heavy atom. The highest BCUT2D eigenvalue weighted by atomic mass is 19.1. The maximum atomic E-state index is 14.0. The minimum absolute atomic E-state index is 0.00386. The molecule has 1 aliphatic carbocycles. The van der Waals surface area contributed by atoms with Crippen LogP contribution in [0.3, 0.4) is 0 Å². The van der Waals surface area contributed by atoms with Crippen LogP contribution in [0.2, 0.25) is 0 Å². The summed E-state index contributed by atoms with van der Waals surface area (Å²) >= 11 is 0. The van der Waals surface area contributed by atoms with Crippen LogP contribution in [0.5, 0.6) is 0 Å². The van der Waals surface area contributed by atoms with Crippen molar-refractivity contribution in [2.45, 2.75) is 25.4 Å². The molecule has 5 nitrogen and oxygen atoms in total. The number of benzene rings is 1. The van der Waals surface area contributed by atoms with Crippen molar-refractivity contribution in [3.8, 4) is 6.07 Å². The van der Waals surface area contributed by atoms with Crippen LogP contribution in [0.15, 0.2) is 35.3 Å². The highest BCUT2D eigenvalue weighted by Gasteiger charge is 2.21. The van der Waals surface area contributed by atoms with Crippen molar-refractivity contribution >= 4 is 5.69 Å². The standard InChI is InChI=1S/C15H13FN4O/c16-15-10(7-17)2-1-3-11(15)9-20-14(21)6-13(8-18-20)19-12-4-5-12/h1-3,6,8,12,19H,4-5,9H2. The Kier molecular flexibility index (Phi) is 3.40. The molecule has 6 heteroatoms. The quantitative estimate of drug-likeness (QED) is 0.930. The number of halogens is 1. The zero-order valence-corrected chi connectivity index (χ0v) is 11.2. The third-order valence-electron chi connectivity index (χ3n) is 3.34. The van der Waals surface area contributed by atoms with Crippen LogP contribution >= 0.6 is 0 Å². The van der Waals surface area contributed by atoms with Gasteiger partial charge in [-0.1, -0.05) is 12.1 Å². The molecule has 2 aromatic rings. The Balaban J connectivity index is 1.85. The van der Waals surface area contributed by atoms with Crippen LogP contribution in [-0.4, -0.2) is 15.8 Å². The molecule has 0 amide bonds. The number of anilines is 1. The van der Waals surface area contributed by atoms with Gasteiger partial charge in [-0.05, 0) is 18.9 Å². The van der Waals surface area contributed by atoms with E-state index in [1.807, 2.05) is 0 Å². The summed E-state index contributed by atoms with van der Waals surface area (Å²) in [4.78, 5) is 12.0. The van der Waals surface area contributed by atoms with Gasteiger partial charge in [-0.25, -0.2) is 9.07 Å². The van der Waals surface area contributed by atoms with E-state index in [9.17, 15) is 9.18 Å². The van der Waals surface area contributed by atoms with Gasteiger partial charge in [0.1, 0.15) is 11.9 Å². The summed E-state index contributed by atoms with van der Waals surface area (Å²) in [5.74, 6) is -0.603. The second-order valence-electron chi connectivity index (χ2n) is 5.05. The largest absolute Gasteiger partial charge is 0.381 e. The van der Waals surface area contributed by atoms with Gasteiger partial charge in [0.05, 0.1) is 24.0 Å². The summed E-state index contributed by atoms with van der Waals surface area (Å²) < 4.78 is 15.2. The molecule has 1 N–H and O–H groups in total. The number of aromatic nitrogens is 2. The molecule has 1 saturated carbocycles. The predicted molar refractivity (Wildman–Crippen MR) is 75.4 cm³/mol. The van der Waals surface area contributed by atoms with E-state index in [1.165, 1.54) is 16.8 Å². The Morgan fingerprint density at radius 3 is 2.95 bits per heavy atom. The van der Waals surface area contributed by atoms with Crippen molar-refractivity contribution in [3.05, 3.63) is 57.8 Å². The third-order valence-corrected chi connectivity index (χ3v) is 3.34. The molecule has 3 rings (SSSR count). The number of nitrogens with zero attached hydrogens (tertiary/aromatic N) is 3. The Hall–Kier alpha value is -2.68. The second kappa shape index (κ2) is 5.37. The van der Waals surface area contributed by atoms with Gasteiger partial charge in [0.15, 0.2) is 0 Å². The van der Waals surface area contributed by atoms with Crippen LogP contribution in [0.1, 0.15) is 24.0 Å². The number of hydrogen-bond donors (Lipinski definition) is 1. The van der Waals surface area contributed by atoms with E-state index in [2.05, 4.69) is 10.4 Å². The number of rotatable bonds is 4. The van der Waals surface area contributed by atoms with Gasteiger partial charge in [0.2, 0.25) is 0 Å². The topological polar surface area (TPSA) is 70.7 Å². The van der Waals surface area contributed by atoms with Crippen LogP contribution in [0, 0.1) is 17.1 Å². The molecule has 1 heterocycles. The molecule has 0 spiro atoms. The maximum Gasteiger partial charge on any atom is 0.269 e. The molecular weight excluding hydrogens is 271 g/mol. The van der Waals surface area contributed by atoms with Crippen molar-refractivity contribution in [1.29, 1.82) is 5.26 Å².